The Labute approximate surface area is 156 Å². The second-order valence-electron chi connectivity index (χ2n) is 6.42. The van der Waals surface area contributed by atoms with E-state index < -0.39 is 5.91 Å². The number of hydrogen-bond acceptors (Lipinski definition) is 5. The maximum Gasteiger partial charge on any atom is 0.288 e. The summed E-state index contributed by atoms with van der Waals surface area (Å²) in [5.41, 5.74) is 10.7. The van der Waals surface area contributed by atoms with Gasteiger partial charge in [0.1, 0.15) is 23.3 Å². The summed E-state index contributed by atoms with van der Waals surface area (Å²) in [6.45, 7) is 8.05. The lowest BCUT2D eigenvalue weighted by Gasteiger charge is -2.14. The van der Waals surface area contributed by atoms with Crippen LogP contribution in [0.2, 0.25) is 0 Å². The van der Waals surface area contributed by atoms with E-state index >= 15 is 0 Å². The number of nitrogens with zero attached hydrogens (tertiary/aromatic N) is 4. The van der Waals surface area contributed by atoms with Crippen LogP contribution < -0.4 is 15.9 Å². The monoisotopic (exact) mass is 370 g/mol. The first-order valence-electron chi connectivity index (χ1n) is 8.63. The highest BCUT2D eigenvalue weighted by Crippen LogP contribution is 2.27. The lowest BCUT2D eigenvalue weighted by atomic mass is 10.1. The van der Waals surface area contributed by atoms with Crippen molar-refractivity contribution >= 4 is 22.8 Å². The van der Waals surface area contributed by atoms with Gasteiger partial charge in [-0.25, -0.2) is 9.66 Å². The Balaban J connectivity index is 2.04. The smallest absolute Gasteiger partial charge is 0.288 e. The Bertz CT molecular complexity index is 1020. The van der Waals surface area contributed by atoms with E-state index in [1.807, 2.05) is 27.7 Å². The number of carbonyl (C=O) groups excluding carboxylic acids is 2. The van der Waals surface area contributed by atoms with Crippen molar-refractivity contribution in [1.82, 2.24) is 19.4 Å². The molecule has 3 rings (SSSR count). The lowest BCUT2D eigenvalue weighted by molar-refractivity contribution is 0.0990. The van der Waals surface area contributed by atoms with E-state index in [0.29, 0.717) is 29.0 Å². The molecule has 2 amide bonds. The van der Waals surface area contributed by atoms with Gasteiger partial charge >= 0.3 is 0 Å². The molecule has 0 bridgehead atoms. The van der Waals surface area contributed by atoms with E-state index in [1.54, 1.807) is 22.9 Å². The van der Waals surface area contributed by atoms with Gasteiger partial charge in [0.2, 0.25) is 5.91 Å². The molecule has 0 unspecified atom stereocenters. The summed E-state index contributed by atoms with van der Waals surface area (Å²) in [5, 5.41) is 4.28. The van der Waals surface area contributed by atoms with Crippen LogP contribution in [0, 0.1) is 6.92 Å². The van der Waals surface area contributed by atoms with Crippen LogP contribution in [-0.4, -0.2) is 37.4 Å². The fourth-order valence-electron chi connectivity index (χ4n) is 2.82. The summed E-state index contributed by atoms with van der Waals surface area (Å²) in [6.07, 6.45) is 1.32. The zero-order valence-electron chi connectivity index (χ0n) is 15.7. The maximum absolute atomic E-state index is 12.7. The number of primary amides is 1. The van der Waals surface area contributed by atoms with Gasteiger partial charge in [0.15, 0.2) is 0 Å². The molecule has 9 heteroatoms. The minimum absolute atomic E-state index is 0.139. The van der Waals surface area contributed by atoms with Gasteiger partial charge in [-0.15, -0.1) is 0 Å². The molecule has 0 saturated heterocycles. The zero-order valence-corrected chi connectivity index (χ0v) is 15.7. The van der Waals surface area contributed by atoms with Crippen molar-refractivity contribution in [3.05, 3.63) is 41.5 Å². The average molecular weight is 370 g/mol. The van der Waals surface area contributed by atoms with E-state index in [4.69, 9.17) is 10.5 Å². The Morgan fingerprint density at radius 1 is 1.30 bits per heavy atom. The van der Waals surface area contributed by atoms with Gasteiger partial charge in [0.05, 0.1) is 17.3 Å². The van der Waals surface area contributed by atoms with Gasteiger partial charge in [0, 0.05) is 12.1 Å². The highest BCUT2D eigenvalue weighted by Gasteiger charge is 2.18. The third-order valence-electron chi connectivity index (χ3n) is 3.91. The van der Waals surface area contributed by atoms with Crippen LogP contribution >= 0.6 is 0 Å². The number of hydrogen-bond donors (Lipinski definition) is 2. The van der Waals surface area contributed by atoms with Gasteiger partial charge in [-0.05, 0) is 45.9 Å². The first-order chi connectivity index (χ1) is 12.8. The van der Waals surface area contributed by atoms with Crippen LogP contribution in [0.15, 0.2) is 24.5 Å². The average Bonchev–Trinajstić information content (AvgIpc) is 3.17. The first-order valence-corrected chi connectivity index (χ1v) is 8.63. The molecule has 3 N–H and O–H groups in total. The zero-order chi connectivity index (χ0) is 19.7. The van der Waals surface area contributed by atoms with Crippen LogP contribution in [0.5, 0.6) is 5.75 Å². The normalized spacial score (nSPS) is 11.1. The summed E-state index contributed by atoms with van der Waals surface area (Å²) in [4.78, 5) is 28.6. The number of fused-ring (bicyclic) bond motifs is 1. The van der Waals surface area contributed by atoms with Crippen LogP contribution in [-0.2, 0) is 6.54 Å². The maximum atomic E-state index is 12.7. The van der Waals surface area contributed by atoms with Crippen molar-refractivity contribution in [2.45, 2.75) is 40.3 Å². The van der Waals surface area contributed by atoms with Crippen LogP contribution in [0.25, 0.3) is 11.0 Å². The standard InChI is InChI=1S/C18H22N6O3/c1-5-23-14(6-11(4)21-23)18(26)22-24-9-20-13-7-12(17(19)25)8-15(16(13)24)27-10(2)3/h6-10H,5H2,1-4H3,(H2,19,25)(H,22,26). The predicted octanol–water partition coefficient (Wildman–Crippen LogP) is 1.83. The molecule has 2 heterocycles. The molecule has 3 aromatic rings. The van der Waals surface area contributed by atoms with Crippen molar-refractivity contribution in [3.63, 3.8) is 0 Å². The largest absolute Gasteiger partial charge is 0.489 e. The molecule has 142 valence electrons. The molecule has 9 nitrogen and oxygen atoms in total. The Morgan fingerprint density at radius 3 is 2.67 bits per heavy atom. The summed E-state index contributed by atoms with van der Waals surface area (Å²) >= 11 is 0. The minimum Gasteiger partial charge on any atom is -0.489 e. The van der Waals surface area contributed by atoms with Crippen LogP contribution in [0.3, 0.4) is 0 Å². The fraction of sp³-hybridized carbons (Fsp3) is 0.333. The highest BCUT2D eigenvalue weighted by molar-refractivity contribution is 6.01. The second-order valence-corrected chi connectivity index (χ2v) is 6.42. The molecule has 0 atom stereocenters. The molecule has 0 aliphatic heterocycles. The Hall–Kier alpha value is -3.36. The van der Waals surface area contributed by atoms with E-state index in [-0.39, 0.29) is 17.6 Å². The molecule has 2 aromatic heterocycles. The van der Waals surface area contributed by atoms with Gasteiger partial charge in [-0.2, -0.15) is 5.10 Å². The van der Waals surface area contributed by atoms with E-state index in [1.165, 1.54) is 11.0 Å². The van der Waals surface area contributed by atoms with Gasteiger partial charge in [-0.3, -0.25) is 19.7 Å². The molecule has 27 heavy (non-hydrogen) atoms. The molecule has 0 fully saturated rings. The number of rotatable bonds is 6. The summed E-state index contributed by atoms with van der Waals surface area (Å²) in [5.74, 6) is -0.494. The number of aromatic nitrogens is 4. The number of amides is 2. The van der Waals surface area contributed by atoms with Gasteiger partial charge < -0.3 is 10.5 Å². The molecule has 0 saturated carbocycles. The summed E-state index contributed by atoms with van der Waals surface area (Å²) < 4.78 is 8.92. The van der Waals surface area contributed by atoms with E-state index in [2.05, 4.69) is 15.5 Å². The van der Waals surface area contributed by atoms with Crippen LogP contribution in [0.4, 0.5) is 0 Å². The third kappa shape index (κ3) is 3.62. The molecule has 0 aliphatic carbocycles. The highest BCUT2D eigenvalue weighted by atomic mass is 16.5. The van der Waals surface area contributed by atoms with Crippen molar-refractivity contribution in [2.24, 2.45) is 5.73 Å². The number of ether oxygens (including phenoxy) is 1. The minimum atomic E-state index is -0.577. The van der Waals surface area contributed by atoms with Crippen molar-refractivity contribution in [3.8, 4) is 5.75 Å². The van der Waals surface area contributed by atoms with Crippen molar-refractivity contribution < 1.29 is 14.3 Å². The molecular formula is C18H22N6O3. The number of nitrogens with two attached hydrogens (primary N) is 1. The molecule has 0 spiro atoms. The number of carbonyl (C=O) groups is 2. The number of benzene rings is 1. The molecular weight excluding hydrogens is 348 g/mol. The van der Waals surface area contributed by atoms with Gasteiger partial charge in [-0.1, -0.05) is 0 Å². The number of nitrogens with one attached hydrogen (secondary N) is 1. The second kappa shape index (κ2) is 7.10. The summed E-state index contributed by atoms with van der Waals surface area (Å²) in [7, 11) is 0. The number of aryl methyl sites for hydroxylation is 2. The third-order valence-corrected chi connectivity index (χ3v) is 3.91. The van der Waals surface area contributed by atoms with E-state index in [0.717, 1.165) is 5.69 Å². The lowest BCUT2D eigenvalue weighted by Crippen LogP contribution is -2.25. The Morgan fingerprint density at radius 2 is 2.04 bits per heavy atom. The topological polar surface area (TPSA) is 117 Å². The van der Waals surface area contributed by atoms with Gasteiger partial charge in [0.25, 0.3) is 5.91 Å². The van der Waals surface area contributed by atoms with Crippen LogP contribution in [0.1, 0.15) is 47.3 Å². The fourth-order valence-corrected chi connectivity index (χ4v) is 2.82. The number of imidazole rings is 1. The molecule has 0 radical (unpaired) electrons. The summed E-state index contributed by atoms with van der Waals surface area (Å²) in [6, 6.07) is 4.83. The molecule has 1 aromatic carbocycles. The molecule has 0 aliphatic rings. The van der Waals surface area contributed by atoms with Crippen molar-refractivity contribution in [2.75, 3.05) is 5.43 Å². The Kier molecular flexibility index (Phi) is 4.85. The SMILES string of the molecule is CCn1nc(C)cc1C(=O)Nn1cnc2cc(C(N)=O)cc(OC(C)C)c21. The van der Waals surface area contributed by atoms with E-state index in [9.17, 15) is 9.59 Å². The quantitative estimate of drug-likeness (QED) is 0.686. The van der Waals surface area contributed by atoms with Crippen molar-refractivity contribution in [1.29, 1.82) is 0 Å². The first kappa shape index (κ1) is 18.4. The predicted molar refractivity (Wildman–Crippen MR) is 100 cm³/mol.